The standard InChI is InChI=1S/C24H27Cl2NO.C4H4S/c25-22-9-8-21(15-23(22)26)24(28)20-7-6-17(14-20)16-27-12-10-19(11-13-27)18-4-2-1-3-5-18;1-2-4-5-3-1/h1-5,8-9,15,17,19-20H,6-7,10-14,16H2;1-4H. The van der Waals surface area contributed by atoms with Crippen LogP contribution in [0.4, 0.5) is 0 Å². The molecule has 0 N–H and O–H groups in total. The fourth-order valence-electron chi connectivity index (χ4n) is 5.13. The lowest BCUT2D eigenvalue weighted by Gasteiger charge is -2.33. The van der Waals surface area contributed by atoms with Crippen LogP contribution >= 0.6 is 34.5 Å². The Labute approximate surface area is 211 Å². The van der Waals surface area contributed by atoms with Gasteiger partial charge >= 0.3 is 0 Å². The number of likely N-dealkylation sites (tertiary alicyclic amines) is 1. The van der Waals surface area contributed by atoms with E-state index in [0.29, 0.717) is 27.4 Å². The van der Waals surface area contributed by atoms with Crippen molar-refractivity contribution in [3.8, 4) is 0 Å². The van der Waals surface area contributed by atoms with Crippen LogP contribution < -0.4 is 0 Å². The van der Waals surface area contributed by atoms with Gasteiger partial charge in [0.15, 0.2) is 5.78 Å². The SMILES string of the molecule is O=C(c1ccc(Cl)c(Cl)c1)C1CCC(CN2CCC(c3ccccc3)CC2)C1.c1ccsc1. The first-order valence-corrected chi connectivity index (χ1v) is 13.5. The second kappa shape index (κ2) is 12.2. The molecule has 0 spiro atoms. The van der Waals surface area contributed by atoms with Crippen molar-refractivity contribution in [1.29, 1.82) is 0 Å². The number of thiophene rings is 1. The van der Waals surface area contributed by atoms with Gasteiger partial charge in [0.1, 0.15) is 0 Å². The number of piperidine rings is 1. The van der Waals surface area contributed by atoms with Gasteiger partial charge in [-0.2, -0.15) is 11.3 Å². The van der Waals surface area contributed by atoms with Gasteiger partial charge in [0.25, 0.3) is 0 Å². The van der Waals surface area contributed by atoms with Gasteiger partial charge in [0.2, 0.25) is 0 Å². The average Bonchev–Trinajstić information content (AvgIpc) is 3.57. The molecule has 1 saturated heterocycles. The lowest BCUT2D eigenvalue weighted by Crippen LogP contribution is -2.36. The molecular weight excluding hydrogens is 469 g/mol. The molecule has 2 heterocycles. The van der Waals surface area contributed by atoms with Gasteiger partial charge in [-0.3, -0.25) is 4.79 Å². The van der Waals surface area contributed by atoms with Crippen molar-refractivity contribution in [3.63, 3.8) is 0 Å². The van der Waals surface area contributed by atoms with Gasteiger partial charge in [-0.1, -0.05) is 65.7 Å². The van der Waals surface area contributed by atoms with Crippen LogP contribution in [0.15, 0.2) is 71.4 Å². The van der Waals surface area contributed by atoms with E-state index in [-0.39, 0.29) is 11.7 Å². The Bertz CT molecular complexity index is 983. The van der Waals surface area contributed by atoms with E-state index >= 15 is 0 Å². The van der Waals surface area contributed by atoms with Crippen LogP contribution in [0.25, 0.3) is 0 Å². The Kier molecular flexibility index (Phi) is 9.03. The molecular formula is C28H31Cl2NOS. The normalized spacial score (nSPS) is 21.4. The van der Waals surface area contributed by atoms with Crippen molar-refractivity contribution < 1.29 is 4.79 Å². The minimum atomic E-state index is 0.129. The topological polar surface area (TPSA) is 20.3 Å². The number of rotatable bonds is 5. The van der Waals surface area contributed by atoms with Gasteiger partial charge in [0, 0.05) is 18.0 Å². The summed E-state index contributed by atoms with van der Waals surface area (Å²) in [6, 6.07) is 20.2. The Balaban J connectivity index is 0.000000459. The number of halogens is 2. The van der Waals surface area contributed by atoms with E-state index in [2.05, 4.69) is 35.2 Å². The van der Waals surface area contributed by atoms with E-state index in [4.69, 9.17) is 23.2 Å². The third-order valence-corrected chi connectivity index (χ3v) is 8.28. The van der Waals surface area contributed by atoms with E-state index in [1.54, 1.807) is 29.5 Å². The third kappa shape index (κ3) is 6.93. The fourth-order valence-corrected chi connectivity index (χ4v) is 5.88. The van der Waals surface area contributed by atoms with E-state index in [9.17, 15) is 4.79 Å². The molecule has 1 aromatic heterocycles. The van der Waals surface area contributed by atoms with Gasteiger partial charge in [0.05, 0.1) is 10.0 Å². The lowest BCUT2D eigenvalue weighted by molar-refractivity contribution is 0.0917. The van der Waals surface area contributed by atoms with Crippen molar-refractivity contribution >= 4 is 40.3 Å². The maximum atomic E-state index is 12.8. The number of ketones is 1. The number of nitrogens with zero attached hydrogens (tertiary/aromatic N) is 1. The second-order valence-electron chi connectivity index (χ2n) is 9.15. The zero-order valence-electron chi connectivity index (χ0n) is 18.8. The van der Waals surface area contributed by atoms with Crippen LogP contribution in [0.3, 0.4) is 0 Å². The van der Waals surface area contributed by atoms with Crippen molar-refractivity contribution in [1.82, 2.24) is 4.90 Å². The van der Waals surface area contributed by atoms with E-state index < -0.39 is 0 Å². The lowest BCUT2D eigenvalue weighted by atomic mass is 9.89. The van der Waals surface area contributed by atoms with Crippen molar-refractivity contribution in [2.75, 3.05) is 19.6 Å². The largest absolute Gasteiger partial charge is 0.303 e. The van der Waals surface area contributed by atoms with E-state index in [0.717, 1.165) is 25.8 Å². The highest BCUT2D eigenvalue weighted by Gasteiger charge is 2.32. The molecule has 2 aromatic carbocycles. The molecule has 1 aliphatic carbocycles. The molecule has 2 nitrogen and oxygen atoms in total. The minimum Gasteiger partial charge on any atom is -0.303 e. The molecule has 1 saturated carbocycles. The molecule has 1 aliphatic heterocycles. The Morgan fingerprint density at radius 2 is 1.61 bits per heavy atom. The molecule has 2 fully saturated rings. The number of carbonyl (C=O) groups is 1. The van der Waals surface area contributed by atoms with Crippen LogP contribution in [-0.4, -0.2) is 30.3 Å². The van der Waals surface area contributed by atoms with E-state index in [1.807, 2.05) is 22.9 Å². The van der Waals surface area contributed by atoms with Gasteiger partial charge in [-0.15, -0.1) is 0 Å². The highest BCUT2D eigenvalue weighted by molar-refractivity contribution is 7.07. The Morgan fingerprint density at radius 1 is 0.879 bits per heavy atom. The summed E-state index contributed by atoms with van der Waals surface area (Å²) in [5.41, 5.74) is 2.18. The number of carbonyl (C=O) groups excluding carboxylic acids is 1. The van der Waals surface area contributed by atoms with E-state index in [1.165, 1.54) is 31.5 Å². The van der Waals surface area contributed by atoms with Gasteiger partial charge in [-0.25, -0.2) is 0 Å². The number of hydrogen-bond donors (Lipinski definition) is 0. The van der Waals surface area contributed by atoms with Crippen molar-refractivity contribution in [2.24, 2.45) is 11.8 Å². The molecule has 2 unspecified atom stereocenters. The molecule has 2 aliphatic rings. The summed E-state index contributed by atoms with van der Waals surface area (Å²) in [5, 5.41) is 5.05. The van der Waals surface area contributed by atoms with Gasteiger partial charge in [-0.05, 0) is 91.6 Å². The summed E-state index contributed by atoms with van der Waals surface area (Å²) in [6.45, 7) is 3.47. The second-order valence-corrected chi connectivity index (χ2v) is 10.8. The molecule has 3 aromatic rings. The summed E-state index contributed by atoms with van der Waals surface area (Å²) in [6.07, 6.45) is 5.61. The van der Waals surface area contributed by atoms with Crippen LogP contribution in [0.2, 0.25) is 10.0 Å². The zero-order valence-corrected chi connectivity index (χ0v) is 21.2. The Hall–Kier alpha value is -1.65. The first kappa shape index (κ1) is 24.5. The predicted molar refractivity (Wildman–Crippen MR) is 141 cm³/mol. The van der Waals surface area contributed by atoms with Crippen LogP contribution in [0, 0.1) is 11.8 Å². The first-order valence-electron chi connectivity index (χ1n) is 11.8. The van der Waals surface area contributed by atoms with Crippen LogP contribution in [-0.2, 0) is 0 Å². The molecule has 0 bridgehead atoms. The monoisotopic (exact) mass is 499 g/mol. The maximum Gasteiger partial charge on any atom is 0.166 e. The molecule has 2 atom stereocenters. The number of benzene rings is 2. The molecule has 5 heteroatoms. The highest BCUT2D eigenvalue weighted by atomic mass is 35.5. The smallest absolute Gasteiger partial charge is 0.166 e. The number of Topliss-reactive ketones (excluding diaryl/α,β-unsaturated/α-hetero) is 1. The van der Waals surface area contributed by atoms with Crippen molar-refractivity contribution in [2.45, 2.75) is 38.0 Å². The Morgan fingerprint density at radius 3 is 2.24 bits per heavy atom. The summed E-state index contributed by atoms with van der Waals surface area (Å²) in [7, 11) is 0. The summed E-state index contributed by atoms with van der Waals surface area (Å²) in [4.78, 5) is 15.4. The van der Waals surface area contributed by atoms with Gasteiger partial charge < -0.3 is 4.90 Å². The number of hydrogen-bond acceptors (Lipinski definition) is 3. The maximum absolute atomic E-state index is 12.8. The summed E-state index contributed by atoms with van der Waals surface area (Å²) >= 11 is 13.8. The summed E-state index contributed by atoms with van der Waals surface area (Å²) in [5.74, 6) is 1.68. The molecule has 0 radical (unpaired) electrons. The fraction of sp³-hybridized carbons (Fsp3) is 0.393. The van der Waals surface area contributed by atoms with Crippen LogP contribution in [0.1, 0.15) is 53.9 Å². The molecule has 0 amide bonds. The van der Waals surface area contributed by atoms with Crippen molar-refractivity contribution in [3.05, 3.63) is 92.6 Å². The van der Waals surface area contributed by atoms with Crippen LogP contribution in [0.5, 0.6) is 0 Å². The third-order valence-electron chi connectivity index (χ3n) is 6.92. The first-order chi connectivity index (χ1) is 16.1. The zero-order chi connectivity index (χ0) is 23.0. The quantitative estimate of drug-likeness (QED) is 0.329. The molecule has 5 rings (SSSR count). The predicted octanol–water partition coefficient (Wildman–Crippen LogP) is 8.22. The molecule has 174 valence electrons. The average molecular weight is 501 g/mol. The minimum absolute atomic E-state index is 0.129. The highest BCUT2D eigenvalue weighted by Crippen LogP contribution is 2.36. The summed E-state index contributed by atoms with van der Waals surface area (Å²) < 4.78 is 0. The molecule has 33 heavy (non-hydrogen) atoms.